The van der Waals surface area contributed by atoms with E-state index in [0.29, 0.717) is 5.69 Å². The highest BCUT2D eigenvalue weighted by Crippen LogP contribution is 2.22. The van der Waals surface area contributed by atoms with Gasteiger partial charge in [-0.15, -0.1) is 0 Å². The smallest absolute Gasteiger partial charge is 0.416 e. The number of carbonyl (C=O) groups excluding carboxylic acids is 1. The molecule has 0 bridgehead atoms. The molecule has 0 unspecified atom stereocenters. The fraction of sp³-hybridized carbons (Fsp3) is 0.419. The normalized spacial score (nSPS) is 11.8. The number of carboxylic acids is 1. The lowest BCUT2D eigenvalue weighted by atomic mass is 10.0. The van der Waals surface area contributed by atoms with E-state index in [4.69, 9.17) is 4.74 Å². The van der Waals surface area contributed by atoms with E-state index in [0.717, 1.165) is 41.7 Å². The lowest BCUT2D eigenvalue weighted by Gasteiger charge is -2.26. The first kappa shape index (κ1) is 32.7. The van der Waals surface area contributed by atoms with Gasteiger partial charge < -0.3 is 9.84 Å². The minimum Gasteiger partial charge on any atom is -0.480 e. The molecular weight excluding hydrogens is 556 g/mol. The molecule has 0 atom stereocenters. The first-order valence-corrected chi connectivity index (χ1v) is 15.5. The van der Waals surface area contributed by atoms with Crippen molar-refractivity contribution in [2.24, 2.45) is 0 Å². The maximum Gasteiger partial charge on any atom is 0.416 e. The molecule has 3 rings (SSSR count). The van der Waals surface area contributed by atoms with Crippen LogP contribution in [0.15, 0.2) is 71.9 Å². The average molecular weight is 597 g/mol. The quantitative estimate of drug-likeness (QED) is 0.231. The molecule has 226 valence electrons. The molecule has 0 aliphatic carbocycles. The van der Waals surface area contributed by atoms with Gasteiger partial charge in [0.25, 0.3) is 10.0 Å². The highest BCUT2D eigenvalue weighted by molar-refractivity contribution is 7.89. The molecular formula is C31H40N4O6S. The first-order chi connectivity index (χ1) is 19.9. The largest absolute Gasteiger partial charge is 0.480 e. The summed E-state index contributed by atoms with van der Waals surface area (Å²) in [4.78, 5) is 33.9. The van der Waals surface area contributed by atoms with Crippen LogP contribution in [0.2, 0.25) is 0 Å². The average Bonchev–Trinajstić information content (AvgIpc) is 2.93. The van der Waals surface area contributed by atoms with Crippen LogP contribution in [0.25, 0.3) is 0 Å². The number of aryl methyl sites for hydroxylation is 1. The number of pyridine rings is 2. The molecule has 3 aromatic rings. The number of rotatable bonds is 14. The van der Waals surface area contributed by atoms with Crippen molar-refractivity contribution in [3.8, 4) is 0 Å². The Morgan fingerprint density at radius 3 is 2.33 bits per heavy atom. The second-order valence-corrected chi connectivity index (χ2v) is 12.9. The van der Waals surface area contributed by atoms with Gasteiger partial charge in [0, 0.05) is 12.7 Å². The number of ether oxygens (including phenoxy) is 1. The van der Waals surface area contributed by atoms with Gasteiger partial charge in [0.15, 0.2) is 5.03 Å². The minimum atomic E-state index is -4.04. The van der Waals surface area contributed by atoms with E-state index >= 15 is 0 Å². The number of benzene rings is 1. The van der Waals surface area contributed by atoms with Gasteiger partial charge in [0.1, 0.15) is 18.0 Å². The summed E-state index contributed by atoms with van der Waals surface area (Å²) in [6.45, 7) is 6.45. The lowest BCUT2D eigenvalue weighted by molar-refractivity contribution is -0.135. The van der Waals surface area contributed by atoms with Crippen LogP contribution in [0.5, 0.6) is 0 Å². The van der Waals surface area contributed by atoms with Crippen molar-refractivity contribution < 1.29 is 27.9 Å². The van der Waals surface area contributed by atoms with Crippen molar-refractivity contribution in [1.29, 1.82) is 0 Å². The summed E-state index contributed by atoms with van der Waals surface area (Å²) >= 11 is 0. The number of unbranched alkanes of at least 4 members (excludes halogenated alkanes) is 3. The van der Waals surface area contributed by atoms with Crippen LogP contribution >= 0.6 is 0 Å². The van der Waals surface area contributed by atoms with E-state index in [1.165, 1.54) is 29.1 Å². The van der Waals surface area contributed by atoms with Crippen LogP contribution in [-0.2, 0) is 39.1 Å². The van der Waals surface area contributed by atoms with Crippen molar-refractivity contribution in [3.63, 3.8) is 0 Å². The Labute approximate surface area is 248 Å². The summed E-state index contributed by atoms with van der Waals surface area (Å²) in [5.74, 6) is -1.21. The van der Waals surface area contributed by atoms with Crippen LogP contribution in [0.1, 0.15) is 70.2 Å². The summed E-state index contributed by atoms with van der Waals surface area (Å²) in [6, 6.07) is 17.3. The number of hydrogen-bond acceptors (Lipinski definition) is 7. The van der Waals surface area contributed by atoms with Crippen LogP contribution in [0, 0.1) is 0 Å². The third kappa shape index (κ3) is 9.92. The molecule has 0 radical (unpaired) electrons. The van der Waals surface area contributed by atoms with Gasteiger partial charge in [0.2, 0.25) is 0 Å². The number of anilines is 1. The van der Waals surface area contributed by atoms with Gasteiger partial charge in [-0.1, -0.05) is 62.6 Å². The molecule has 0 saturated carbocycles. The van der Waals surface area contributed by atoms with Crippen molar-refractivity contribution in [2.45, 2.75) is 83.5 Å². The monoisotopic (exact) mass is 596 g/mol. The summed E-state index contributed by atoms with van der Waals surface area (Å²) in [5, 5.41) is 9.34. The molecule has 0 spiro atoms. The number of amides is 1. The fourth-order valence-corrected chi connectivity index (χ4v) is 5.61. The molecule has 0 aliphatic rings. The van der Waals surface area contributed by atoms with E-state index in [1.54, 1.807) is 45.0 Å². The van der Waals surface area contributed by atoms with Crippen molar-refractivity contribution in [3.05, 3.63) is 83.7 Å². The van der Waals surface area contributed by atoms with Crippen molar-refractivity contribution in [1.82, 2.24) is 14.3 Å². The molecule has 2 heterocycles. The molecule has 2 aromatic heterocycles. The predicted octanol–water partition coefficient (Wildman–Crippen LogP) is 5.82. The molecule has 11 heteroatoms. The second kappa shape index (κ2) is 14.9. The molecule has 1 amide bonds. The number of hydrogen-bond donors (Lipinski definition) is 1. The Hall–Kier alpha value is -3.83. The number of carboxylic acid groups (broad SMARTS) is 1. The topological polar surface area (TPSA) is 130 Å². The van der Waals surface area contributed by atoms with Gasteiger partial charge in [0.05, 0.1) is 12.2 Å². The summed E-state index contributed by atoms with van der Waals surface area (Å²) in [5.41, 5.74) is 1.42. The number of sulfonamides is 1. The number of nitrogens with zero attached hydrogens (tertiary/aromatic N) is 4. The van der Waals surface area contributed by atoms with Crippen LogP contribution in [-0.4, -0.2) is 52.0 Å². The summed E-state index contributed by atoms with van der Waals surface area (Å²) in [7, 11) is -4.04. The van der Waals surface area contributed by atoms with Gasteiger partial charge in [-0.3, -0.25) is 9.69 Å². The zero-order valence-corrected chi connectivity index (χ0v) is 25.5. The van der Waals surface area contributed by atoms with E-state index < -0.39 is 34.2 Å². The van der Waals surface area contributed by atoms with E-state index in [2.05, 4.69) is 16.9 Å². The van der Waals surface area contributed by atoms with Crippen LogP contribution in [0.3, 0.4) is 0 Å². The standard InChI is InChI=1S/C31H40N4O6S/c1-5-6-7-8-13-24-14-11-15-25(20-24)21-34(42(39,40)28-18-9-10-19-32-28)22-26-16-12-17-27(33-26)35(23-29(36)37)30(38)41-31(2,3)4/h9-12,14-20H,5-8,13,21-23H2,1-4H3,(H,36,37). The highest BCUT2D eigenvalue weighted by Gasteiger charge is 2.29. The zero-order valence-electron chi connectivity index (χ0n) is 24.7. The Kier molecular flexibility index (Phi) is 11.6. The summed E-state index contributed by atoms with van der Waals surface area (Å²) in [6.07, 6.45) is 6.00. The molecule has 1 N–H and O–H groups in total. The minimum absolute atomic E-state index is 0.0356. The number of aliphatic carboxylic acids is 1. The third-order valence-corrected chi connectivity index (χ3v) is 7.93. The second-order valence-electron chi connectivity index (χ2n) is 11.0. The fourth-order valence-electron chi connectivity index (χ4n) is 4.28. The van der Waals surface area contributed by atoms with Crippen molar-refractivity contribution in [2.75, 3.05) is 11.4 Å². The SMILES string of the molecule is CCCCCCc1cccc(CN(Cc2cccc(N(CC(=O)O)C(=O)OC(C)(C)C)n2)S(=O)(=O)c2ccccn2)c1. The Morgan fingerprint density at radius 2 is 1.67 bits per heavy atom. The van der Waals surface area contributed by atoms with Gasteiger partial charge in [-0.05, 0) is 69.0 Å². The predicted molar refractivity (Wildman–Crippen MR) is 160 cm³/mol. The number of carbonyl (C=O) groups is 2. The molecule has 10 nitrogen and oxygen atoms in total. The summed E-state index contributed by atoms with van der Waals surface area (Å²) < 4.78 is 34.2. The highest BCUT2D eigenvalue weighted by atomic mass is 32.2. The van der Waals surface area contributed by atoms with E-state index in [9.17, 15) is 23.1 Å². The van der Waals surface area contributed by atoms with Gasteiger partial charge in [-0.2, -0.15) is 4.31 Å². The maximum atomic E-state index is 13.8. The molecule has 0 saturated heterocycles. The molecule has 1 aromatic carbocycles. The zero-order chi connectivity index (χ0) is 30.8. The lowest BCUT2D eigenvalue weighted by Crippen LogP contribution is -2.40. The number of aromatic nitrogens is 2. The third-order valence-electron chi connectivity index (χ3n) is 6.23. The molecule has 0 fully saturated rings. The molecule has 0 aliphatic heterocycles. The van der Waals surface area contributed by atoms with E-state index in [-0.39, 0.29) is 23.9 Å². The van der Waals surface area contributed by atoms with Crippen molar-refractivity contribution >= 4 is 27.9 Å². The van der Waals surface area contributed by atoms with Gasteiger partial charge >= 0.3 is 12.1 Å². The van der Waals surface area contributed by atoms with Crippen LogP contribution in [0.4, 0.5) is 10.6 Å². The first-order valence-electron chi connectivity index (χ1n) is 14.1. The van der Waals surface area contributed by atoms with Crippen LogP contribution < -0.4 is 4.90 Å². The van der Waals surface area contributed by atoms with Gasteiger partial charge in [-0.25, -0.2) is 23.2 Å². The Morgan fingerprint density at radius 1 is 0.929 bits per heavy atom. The van der Waals surface area contributed by atoms with E-state index in [1.807, 2.05) is 24.3 Å². The Bertz CT molecular complexity index is 1440. The molecule has 42 heavy (non-hydrogen) atoms. The Balaban J connectivity index is 1.94. The maximum absolute atomic E-state index is 13.8.